The first-order valence-electron chi connectivity index (χ1n) is 8.17. The van der Waals surface area contributed by atoms with Crippen LogP contribution in [-0.2, 0) is 0 Å². The molecule has 1 aliphatic heterocycles. The zero-order valence-corrected chi connectivity index (χ0v) is 13.8. The smallest absolute Gasteiger partial charge is 0.0367 e. The molecule has 2 heteroatoms. The fraction of sp³-hybridized carbons (Fsp3) is 0.400. The second-order valence-electron chi connectivity index (χ2n) is 6.78. The van der Waals surface area contributed by atoms with Crippen molar-refractivity contribution in [2.24, 2.45) is 5.73 Å². The summed E-state index contributed by atoms with van der Waals surface area (Å²) in [5, 5.41) is 0. The van der Waals surface area contributed by atoms with Crippen molar-refractivity contribution in [3.05, 3.63) is 64.7 Å². The first kappa shape index (κ1) is 15.1. The number of nitrogens with two attached hydrogens (primary N) is 1. The average molecular weight is 294 g/mol. The highest BCUT2D eigenvalue weighted by atomic mass is 15.2. The molecule has 2 atom stereocenters. The number of hydrogen-bond donors (Lipinski definition) is 1. The molecule has 2 aromatic carbocycles. The molecule has 116 valence electrons. The van der Waals surface area contributed by atoms with Gasteiger partial charge in [0.05, 0.1) is 0 Å². The van der Waals surface area contributed by atoms with Gasteiger partial charge in [-0.2, -0.15) is 0 Å². The van der Waals surface area contributed by atoms with Crippen LogP contribution in [0.4, 0.5) is 5.69 Å². The number of rotatable bonds is 2. The van der Waals surface area contributed by atoms with Crippen LogP contribution in [0.5, 0.6) is 0 Å². The second kappa shape index (κ2) is 6.13. The normalized spacial score (nSPS) is 21.9. The molecule has 2 unspecified atom stereocenters. The van der Waals surface area contributed by atoms with Gasteiger partial charge in [0, 0.05) is 30.7 Å². The Morgan fingerprint density at radius 2 is 1.64 bits per heavy atom. The third-order valence-corrected chi connectivity index (χ3v) is 4.88. The molecule has 0 amide bonds. The monoisotopic (exact) mass is 294 g/mol. The van der Waals surface area contributed by atoms with Crippen molar-refractivity contribution in [1.29, 1.82) is 0 Å². The molecule has 2 N–H and O–H groups in total. The molecule has 0 radical (unpaired) electrons. The molecule has 1 fully saturated rings. The highest BCUT2D eigenvalue weighted by molar-refractivity contribution is 5.49. The predicted molar refractivity (Wildman–Crippen MR) is 94.6 cm³/mol. The highest BCUT2D eigenvalue weighted by Gasteiger charge is 2.26. The van der Waals surface area contributed by atoms with Crippen LogP contribution in [0.15, 0.2) is 42.5 Å². The van der Waals surface area contributed by atoms with Crippen molar-refractivity contribution >= 4 is 5.69 Å². The molecule has 0 saturated carbocycles. The molecule has 1 heterocycles. The van der Waals surface area contributed by atoms with Crippen molar-refractivity contribution in [1.82, 2.24) is 0 Å². The van der Waals surface area contributed by atoms with Crippen LogP contribution in [-0.4, -0.2) is 19.1 Å². The minimum absolute atomic E-state index is 0.238. The van der Waals surface area contributed by atoms with Gasteiger partial charge >= 0.3 is 0 Å². The van der Waals surface area contributed by atoms with E-state index in [1.807, 2.05) is 0 Å². The van der Waals surface area contributed by atoms with Gasteiger partial charge in [0.15, 0.2) is 0 Å². The number of hydrogen-bond acceptors (Lipinski definition) is 2. The van der Waals surface area contributed by atoms with E-state index in [1.165, 1.54) is 27.9 Å². The molecule has 2 aromatic rings. The molecular weight excluding hydrogens is 268 g/mol. The maximum atomic E-state index is 6.35. The standard InChI is InChI=1S/C20H26N2/c1-14-4-8-20(9-5-14)22-12-18(11-19(21)13-22)17-7-6-15(2)16(3)10-17/h4-10,18-19H,11-13,21H2,1-3H3. The summed E-state index contributed by atoms with van der Waals surface area (Å²) in [5.41, 5.74) is 13.1. The van der Waals surface area contributed by atoms with Crippen LogP contribution in [0.25, 0.3) is 0 Å². The fourth-order valence-corrected chi connectivity index (χ4v) is 3.36. The zero-order valence-electron chi connectivity index (χ0n) is 13.8. The molecule has 2 nitrogen and oxygen atoms in total. The SMILES string of the molecule is Cc1ccc(N2CC(N)CC(c3ccc(C)c(C)c3)C2)cc1. The van der Waals surface area contributed by atoms with Gasteiger partial charge in [-0.05, 0) is 56.0 Å². The number of anilines is 1. The lowest BCUT2D eigenvalue weighted by Gasteiger charge is -2.38. The van der Waals surface area contributed by atoms with Gasteiger partial charge in [-0.15, -0.1) is 0 Å². The van der Waals surface area contributed by atoms with Crippen LogP contribution in [0.3, 0.4) is 0 Å². The molecular formula is C20H26N2. The van der Waals surface area contributed by atoms with Crippen LogP contribution in [0.1, 0.15) is 34.6 Å². The van der Waals surface area contributed by atoms with Crippen molar-refractivity contribution < 1.29 is 0 Å². The number of piperidine rings is 1. The van der Waals surface area contributed by atoms with Crippen molar-refractivity contribution in [3.63, 3.8) is 0 Å². The average Bonchev–Trinajstić information content (AvgIpc) is 2.50. The maximum absolute atomic E-state index is 6.35. The molecule has 1 saturated heterocycles. The van der Waals surface area contributed by atoms with E-state index in [4.69, 9.17) is 5.73 Å². The van der Waals surface area contributed by atoms with E-state index in [0.29, 0.717) is 5.92 Å². The van der Waals surface area contributed by atoms with Gasteiger partial charge < -0.3 is 10.6 Å². The third-order valence-electron chi connectivity index (χ3n) is 4.88. The van der Waals surface area contributed by atoms with Crippen LogP contribution in [0.2, 0.25) is 0 Å². The van der Waals surface area contributed by atoms with Crippen molar-refractivity contribution in [3.8, 4) is 0 Å². The summed E-state index contributed by atoms with van der Waals surface area (Å²) in [6.45, 7) is 8.50. The lowest BCUT2D eigenvalue weighted by atomic mass is 9.87. The molecule has 0 bridgehead atoms. The molecule has 22 heavy (non-hydrogen) atoms. The Labute approximate surface area is 134 Å². The first-order valence-corrected chi connectivity index (χ1v) is 8.17. The van der Waals surface area contributed by atoms with Gasteiger partial charge in [-0.3, -0.25) is 0 Å². The lowest BCUT2D eigenvalue weighted by molar-refractivity contribution is 0.454. The Morgan fingerprint density at radius 3 is 2.32 bits per heavy atom. The Kier molecular flexibility index (Phi) is 4.21. The third kappa shape index (κ3) is 3.17. The van der Waals surface area contributed by atoms with E-state index in [2.05, 4.69) is 68.1 Å². The van der Waals surface area contributed by atoms with Gasteiger partial charge in [0.2, 0.25) is 0 Å². The van der Waals surface area contributed by atoms with E-state index in [1.54, 1.807) is 0 Å². The highest BCUT2D eigenvalue weighted by Crippen LogP contribution is 2.30. The van der Waals surface area contributed by atoms with Crippen LogP contribution < -0.4 is 10.6 Å². The summed E-state index contributed by atoms with van der Waals surface area (Å²) in [6, 6.07) is 15.9. The van der Waals surface area contributed by atoms with Gasteiger partial charge in [-0.1, -0.05) is 35.9 Å². The van der Waals surface area contributed by atoms with Crippen LogP contribution in [0, 0.1) is 20.8 Å². The minimum Gasteiger partial charge on any atom is -0.369 e. The number of aryl methyl sites for hydroxylation is 3. The zero-order chi connectivity index (χ0) is 15.7. The molecule has 0 aromatic heterocycles. The maximum Gasteiger partial charge on any atom is 0.0367 e. The molecule has 0 aliphatic carbocycles. The lowest BCUT2D eigenvalue weighted by Crippen LogP contribution is -2.46. The van der Waals surface area contributed by atoms with Crippen molar-refractivity contribution in [2.75, 3.05) is 18.0 Å². The summed E-state index contributed by atoms with van der Waals surface area (Å²) >= 11 is 0. The number of benzene rings is 2. The van der Waals surface area contributed by atoms with E-state index in [-0.39, 0.29) is 6.04 Å². The van der Waals surface area contributed by atoms with Gasteiger partial charge in [-0.25, -0.2) is 0 Å². The number of nitrogens with zero attached hydrogens (tertiary/aromatic N) is 1. The quantitative estimate of drug-likeness (QED) is 0.909. The van der Waals surface area contributed by atoms with Crippen molar-refractivity contribution in [2.45, 2.75) is 39.2 Å². The molecule has 3 rings (SSSR count). The topological polar surface area (TPSA) is 29.3 Å². The summed E-state index contributed by atoms with van der Waals surface area (Å²) in [4.78, 5) is 2.44. The van der Waals surface area contributed by atoms with Crippen LogP contribution >= 0.6 is 0 Å². The Bertz CT molecular complexity index is 645. The van der Waals surface area contributed by atoms with E-state index >= 15 is 0 Å². The first-order chi connectivity index (χ1) is 10.5. The summed E-state index contributed by atoms with van der Waals surface area (Å²) in [7, 11) is 0. The molecule has 1 aliphatic rings. The van der Waals surface area contributed by atoms with E-state index < -0.39 is 0 Å². The summed E-state index contributed by atoms with van der Waals surface area (Å²) in [6.07, 6.45) is 1.07. The summed E-state index contributed by atoms with van der Waals surface area (Å²) in [5.74, 6) is 0.518. The van der Waals surface area contributed by atoms with E-state index in [9.17, 15) is 0 Å². The van der Waals surface area contributed by atoms with Gasteiger partial charge in [0.1, 0.15) is 0 Å². The Balaban J connectivity index is 1.84. The predicted octanol–water partition coefficient (Wildman–Crippen LogP) is 3.93. The Hall–Kier alpha value is -1.80. The fourth-order valence-electron chi connectivity index (χ4n) is 3.36. The Morgan fingerprint density at radius 1 is 0.909 bits per heavy atom. The summed E-state index contributed by atoms with van der Waals surface area (Å²) < 4.78 is 0. The van der Waals surface area contributed by atoms with Gasteiger partial charge in [0.25, 0.3) is 0 Å². The molecule has 0 spiro atoms. The largest absolute Gasteiger partial charge is 0.369 e. The second-order valence-corrected chi connectivity index (χ2v) is 6.78. The minimum atomic E-state index is 0.238. The van der Waals surface area contributed by atoms with E-state index in [0.717, 1.165) is 19.5 Å².